The van der Waals surface area contributed by atoms with Gasteiger partial charge in [-0.05, 0) is 37.7 Å². The highest BCUT2D eigenvalue weighted by Gasteiger charge is 2.02. The zero-order chi connectivity index (χ0) is 18.7. The fourth-order valence-electron chi connectivity index (χ4n) is 2.99. The smallest absolute Gasteiger partial charge is 0.305 e. The van der Waals surface area contributed by atoms with E-state index in [1.165, 1.54) is 63.4 Å². The monoisotopic (exact) mass is 358 g/mol. The third kappa shape index (κ3) is 13.7. The van der Waals surface area contributed by atoms with Crippen LogP contribution in [0.3, 0.4) is 0 Å². The number of ether oxygens (including phenoxy) is 1. The number of carbonyl (C=O) groups excluding carboxylic acids is 1. The van der Waals surface area contributed by atoms with Crippen LogP contribution in [-0.4, -0.2) is 12.6 Å². The predicted molar refractivity (Wildman–Crippen MR) is 111 cm³/mol. The van der Waals surface area contributed by atoms with E-state index in [1.54, 1.807) is 0 Å². The number of rotatable bonds is 16. The number of allylic oxidation sites excluding steroid dienone is 2. The van der Waals surface area contributed by atoms with Crippen LogP contribution in [0.4, 0.5) is 0 Å². The second-order valence-corrected chi connectivity index (χ2v) is 7.08. The highest BCUT2D eigenvalue weighted by Crippen LogP contribution is 2.09. The van der Waals surface area contributed by atoms with Crippen LogP contribution in [0.1, 0.15) is 89.5 Å². The predicted octanol–water partition coefficient (Wildman–Crippen LogP) is 7.03. The van der Waals surface area contributed by atoms with Gasteiger partial charge in [0.25, 0.3) is 0 Å². The normalized spacial score (nSPS) is 11.1. The lowest BCUT2D eigenvalue weighted by Gasteiger charge is -2.05. The van der Waals surface area contributed by atoms with Crippen LogP contribution >= 0.6 is 0 Å². The molecule has 1 aromatic carbocycles. The van der Waals surface area contributed by atoms with Gasteiger partial charge in [-0.25, -0.2) is 0 Å². The second-order valence-electron chi connectivity index (χ2n) is 7.08. The molecule has 1 rings (SSSR count). The fraction of sp³-hybridized carbons (Fsp3) is 0.625. The molecule has 0 heterocycles. The van der Waals surface area contributed by atoms with E-state index in [0.717, 1.165) is 19.3 Å². The number of benzene rings is 1. The van der Waals surface area contributed by atoms with E-state index >= 15 is 0 Å². The van der Waals surface area contributed by atoms with E-state index < -0.39 is 0 Å². The van der Waals surface area contributed by atoms with Gasteiger partial charge in [-0.2, -0.15) is 0 Å². The number of unbranched alkanes of at least 4 members (excludes halogenated alkanes) is 9. The van der Waals surface area contributed by atoms with Crippen molar-refractivity contribution in [2.24, 2.45) is 0 Å². The van der Waals surface area contributed by atoms with Crippen molar-refractivity contribution in [2.45, 2.75) is 90.4 Å². The molecule has 0 aliphatic heterocycles. The average molecular weight is 359 g/mol. The SMILES string of the molecule is CCCCCC/C=C\CCCCCCCC(=O)OCCc1ccccc1. The summed E-state index contributed by atoms with van der Waals surface area (Å²) in [5.74, 6) is -0.0491. The quantitative estimate of drug-likeness (QED) is 0.180. The standard InChI is InChI=1S/C24H38O2/c1-2-3-4-5-6-7-8-9-10-11-12-13-17-20-24(25)26-22-21-23-18-15-14-16-19-23/h7-8,14-16,18-19H,2-6,9-13,17,20-22H2,1H3/b8-7-. The molecule has 0 aliphatic carbocycles. The summed E-state index contributed by atoms with van der Waals surface area (Å²) in [6, 6.07) is 10.2. The second kappa shape index (κ2) is 16.9. The van der Waals surface area contributed by atoms with Gasteiger partial charge < -0.3 is 4.74 Å². The van der Waals surface area contributed by atoms with Crippen LogP contribution in [0.15, 0.2) is 42.5 Å². The first kappa shape index (κ1) is 22.5. The van der Waals surface area contributed by atoms with Crippen LogP contribution in [0, 0.1) is 0 Å². The van der Waals surface area contributed by atoms with E-state index in [1.807, 2.05) is 18.2 Å². The summed E-state index contributed by atoms with van der Waals surface area (Å²) in [5.41, 5.74) is 1.22. The maximum Gasteiger partial charge on any atom is 0.305 e. The number of esters is 1. The molecule has 0 atom stereocenters. The minimum absolute atomic E-state index is 0.0491. The van der Waals surface area contributed by atoms with E-state index in [4.69, 9.17) is 4.74 Å². The van der Waals surface area contributed by atoms with Crippen LogP contribution < -0.4 is 0 Å². The first-order chi connectivity index (χ1) is 12.8. The third-order valence-electron chi connectivity index (χ3n) is 4.64. The molecule has 0 bridgehead atoms. The molecule has 0 amide bonds. The van der Waals surface area contributed by atoms with Crippen LogP contribution in [-0.2, 0) is 16.0 Å². The van der Waals surface area contributed by atoms with Crippen molar-refractivity contribution in [3.8, 4) is 0 Å². The average Bonchev–Trinajstić information content (AvgIpc) is 2.66. The number of hydrogen-bond acceptors (Lipinski definition) is 2. The third-order valence-corrected chi connectivity index (χ3v) is 4.64. The van der Waals surface area contributed by atoms with E-state index in [2.05, 4.69) is 31.2 Å². The molecule has 0 saturated carbocycles. The summed E-state index contributed by atoms with van der Waals surface area (Å²) < 4.78 is 5.30. The topological polar surface area (TPSA) is 26.3 Å². The Labute approximate surface area is 161 Å². The van der Waals surface area contributed by atoms with Crippen LogP contribution in [0.25, 0.3) is 0 Å². The lowest BCUT2D eigenvalue weighted by molar-refractivity contribution is -0.143. The van der Waals surface area contributed by atoms with Crippen molar-refractivity contribution >= 4 is 5.97 Å². The minimum atomic E-state index is -0.0491. The van der Waals surface area contributed by atoms with Crippen molar-refractivity contribution in [3.63, 3.8) is 0 Å². The Morgan fingerprint density at radius 2 is 1.46 bits per heavy atom. The van der Waals surface area contributed by atoms with Crippen molar-refractivity contribution < 1.29 is 9.53 Å². The Balaban J connectivity index is 1.83. The molecule has 0 aliphatic rings. The summed E-state index contributed by atoms with van der Waals surface area (Å²) in [6.45, 7) is 2.75. The van der Waals surface area contributed by atoms with Gasteiger partial charge in [0.15, 0.2) is 0 Å². The Bertz CT molecular complexity index is 464. The summed E-state index contributed by atoms with van der Waals surface area (Å²) in [6.07, 6.45) is 19.7. The molecular weight excluding hydrogens is 320 g/mol. The Kier molecular flexibility index (Phi) is 14.6. The van der Waals surface area contributed by atoms with Gasteiger partial charge in [0.1, 0.15) is 0 Å². The molecule has 146 valence electrons. The molecule has 2 nitrogen and oxygen atoms in total. The summed E-state index contributed by atoms with van der Waals surface area (Å²) in [7, 11) is 0. The molecule has 0 fully saturated rings. The van der Waals surface area contributed by atoms with E-state index in [0.29, 0.717) is 13.0 Å². The lowest BCUT2D eigenvalue weighted by Crippen LogP contribution is -2.07. The van der Waals surface area contributed by atoms with Crippen molar-refractivity contribution in [2.75, 3.05) is 6.61 Å². The lowest BCUT2D eigenvalue weighted by atomic mass is 10.1. The molecule has 0 unspecified atom stereocenters. The van der Waals surface area contributed by atoms with Crippen molar-refractivity contribution in [1.29, 1.82) is 0 Å². The summed E-state index contributed by atoms with van der Waals surface area (Å²) in [4.78, 5) is 11.7. The number of carbonyl (C=O) groups is 1. The molecule has 26 heavy (non-hydrogen) atoms. The molecule has 0 N–H and O–H groups in total. The number of hydrogen-bond donors (Lipinski definition) is 0. The van der Waals surface area contributed by atoms with Gasteiger partial charge in [0.2, 0.25) is 0 Å². The molecule has 2 heteroatoms. The fourth-order valence-corrected chi connectivity index (χ4v) is 2.99. The maximum atomic E-state index is 11.7. The van der Waals surface area contributed by atoms with E-state index in [9.17, 15) is 4.79 Å². The minimum Gasteiger partial charge on any atom is -0.465 e. The first-order valence-electron chi connectivity index (χ1n) is 10.7. The highest BCUT2D eigenvalue weighted by atomic mass is 16.5. The molecule has 0 spiro atoms. The Morgan fingerprint density at radius 3 is 2.15 bits per heavy atom. The first-order valence-corrected chi connectivity index (χ1v) is 10.7. The van der Waals surface area contributed by atoms with Gasteiger partial charge in [0, 0.05) is 12.8 Å². The van der Waals surface area contributed by atoms with Crippen molar-refractivity contribution in [1.82, 2.24) is 0 Å². The molecule has 0 aromatic heterocycles. The zero-order valence-corrected chi connectivity index (χ0v) is 16.8. The van der Waals surface area contributed by atoms with Gasteiger partial charge in [-0.1, -0.05) is 87.9 Å². The maximum absolute atomic E-state index is 11.7. The van der Waals surface area contributed by atoms with Crippen LogP contribution in [0.5, 0.6) is 0 Å². The summed E-state index contributed by atoms with van der Waals surface area (Å²) in [5, 5.41) is 0. The Morgan fingerprint density at radius 1 is 0.846 bits per heavy atom. The van der Waals surface area contributed by atoms with Gasteiger partial charge >= 0.3 is 5.97 Å². The summed E-state index contributed by atoms with van der Waals surface area (Å²) >= 11 is 0. The highest BCUT2D eigenvalue weighted by molar-refractivity contribution is 5.69. The molecular formula is C24H38O2. The van der Waals surface area contributed by atoms with Gasteiger partial charge in [0.05, 0.1) is 6.61 Å². The van der Waals surface area contributed by atoms with Gasteiger partial charge in [-0.3, -0.25) is 4.79 Å². The molecule has 0 saturated heterocycles. The largest absolute Gasteiger partial charge is 0.465 e. The molecule has 1 aromatic rings. The van der Waals surface area contributed by atoms with Gasteiger partial charge in [-0.15, -0.1) is 0 Å². The Hall–Kier alpha value is -1.57. The van der Waals surface area contributed by atoms with Crippen molar-refractivity contribution in [3.05, 3.63) is 48.0 Å². The molecule has 0 radical (unpaired) electrons. The zero-order valence-electron chi connectivity index (χ0n) is 16.8. The van der Waals surface area contributed by atoms with Crippen LogP contribution in [0.2, 0.25) is 0 Å². The van der Waals surface area contributed by atoms with E-state index in [-0.39, 0.29) is 5.97 Å².